The lowest BCUT2D eigenvalue weighted by atomic mass is 10.0. The molecule has 0 saturated heterocycles. The average Bonchev–Trinajstić information content (AvgIpc) is 2.47. The molecule has 0 bridgehead atoms. The molecule has 1 unspecified atom stereocenters. The first-order chi connectivity index (χ1) is 9.27. The Bertz CT molecular complexity index is 564. The number of ether oxygens (including phenoxy) is 1. The minimum atomic E-state index is -0.469. The molecule has 0 fully saturated rings. The Hall–Kier alpha value is -1.94. The SMILES string of the molecule is CCCNC(C(=O)OC)c1cncc2ccccc12. The number of carbonyl (C=O) groups excluding carboxylic acids is 1. The average molecular weight is 258 g/mol. The van der Waals surface area contributed by atoms with Crippen molar-refractivity contribution in [3.63, 3.8) is 0 Å². The molecule has 4 heteroatoms. The van der Waals surface area contributed by atoms with Gasteiger partial charge in [-0.1, -0.05) is 31.2 Å². The standard InChI is InChI=1S/C15H18N2O2/c1-3-8-17-14(15(18)19-2)13-10-16-9-11-6-4-5-7-12(11)13/h4-7,9-10,14,17H,3,8H2,1-2H3. The van der Waals surface area contributed by atoms with Crippen LogP contribution in [0.3, 0.4) is 0 Å². The van der Waals surface area contributed by atoms with Gasteiger partial charge in [-0.2, -0.15) is 0 Å². The van der Waals surface area contributed by atoms with Crippen LogP contribution < -0.4 is 5.32 Å². The fourth-order valence-corrected chi connectivity index (χ4v) is 2.10. The van der Waals surface area contributed by atoms with Crippen LogP contribution in [0.1, 0.15) is 24.9 Å². The van der Waals surface area contributed by atoms with Crippen LogP contribution >= 0.6 is 0 Å². The molecule has 1 heterocycles. The molecule has 4 nitrogen and oxygen atoms in total. The number of nitrogens with one attached hydrogen (secondary N) is 1. The quantitative estimate of drug-likeness (QED) is 0.837. The van der Waals surface area contributed by atoms with Crippen LogP contribution in [0.4, 0.5) is 0 Å². The van der Waals surface area contributed by atoms with Crippen molar-refractivity contribution in [1.29, 1.82) is 0 Å². The smallest absolute Gasteiger partial charge is 0.327 e. The summed E-state index contributed by atoms with van der Waals surface area (Å²) in [6.45, 7) is 2.81. The second-order valence-electron chi connectivity index (χ2n) is 4.36. The van der Waals surface area contributed by atoms with Crippen molar-refractivity contribution >= 4 is 16.7 Å². The number of hydrogen-bond acceptors (Lipinski definition) is 4. The number of methoxy groups -OCH3 is 1. The molecule has 0 radical (unpaired) electrons. The molecule has 0 spiro atoms. The van der Waals surface area contributed by atoms with E-state index in [2.05, 4.69) is 17.2 Å². The third-order valence-electron chi connectivity index (χ3n) is 3.05. The highest BCUT2D eigenvalue weighted by Gasteiger charge is 2.22. The second-order valence-corrected chi connectivity index (χ2v) is 4.36. The van der Waals surface area contributed by atoms with E-state index in [0.29, 0.717) is 0 Å². The number of esters is 1. The van der Waals surface area contributed by atoms with E-state index < -0.39 is 6.04 Å². The molecule has 0 amide bonds. The van der Waals surface area contributed by atoms with Gasteiger partial charge in [0.25, 0.3) is 0 Å². The number of fused-ring (bicyclic) bond motifs is 1. The lowest BCUT2D eigenvalue weighted by Crippen LogP contribution is -2.30. The molecule has 2 aromatic rings. The van der Waals surface area contributed by atoms with E-state index in [1.54, 1.807) is 12.4 Å². The van der Waals surface area contributed by atoms with Gasteiger partial charge in [0.05, 0.1) is 7.11 Å². The van der Waals surface area contributed by atoms with Gasteiger partial charge in [-0.15, -0.1) is 0 Å². The molecule has 19 heavy (non-hydrogen) atoms. The summed E-state index contributed by atoms with van der Waals surface area (Å²) >= 11 is 0. The molecule has 0 saturated carbocycles. The second kappa shape index (κ2) is 6.29. The van der Waals surface area contributed by atoms with Crippen molar-refractivity contribution < 1.29 is 9.53 Å². The molecule has 1 N–H and O–H groups in total. The van der Waals surface area contributed by atoms with E-state index in [-0.39, 0.29) is 5.97 Å². The van der Waals surface area contributed by atoms with E-state index in [9.17, 15) is 4.79 Å². The minimum absolute atomic E-state index is 0.286. The number of benzene rings is 1. The Labute approximate surface area is 112 Å². The normalized spacial score (nSPS) is 12.3. The summed E-state index contributed by atoms with van der Waals surface area (Å²) in [5.74, 6) is -0.286. The zero-order valence-electron chi connectivity index (χ0n) is 11.2. The molecule has 1 aromatic carbocycles. The number of hydrogen-bond donors (Lipinski definition) is 1. The number of rotatable bonds is 5. The summed E-state index contributed by atoms with van der Waals surface area (Å²) in [6.07, 6.45) is 4.48. The van der Waals surface area contributed by atoms with Crippen molar-refractivity contribution in [2.45, 2.75) is 19.4 Å². The summed E-state index contributed by atoms with van der Waals surface area (Å²) in [6, 6.07) is 7.43. The van der Waals surface area contributed by atoms with Crippen LogP contribution in [0.25, 0.3) is 10.8 Å². The first-order valence-corrected chi connectivity index (χ1v) is 6.41. The summed E-state index contributed by atoms with van der Waals surface area (Å²) < 4.78 is 4.88. The zero-order valence-corrected chi connectivity index (χ0v) is 11.2. The number of pyridine rings is 1. The molecular weight excluding hydrogens is 240 g/mol. The van der Waals surface area contributed by atoms with Crippen LogP contribution in [0.2, 0.25) is 0 Å². The Kier molecular flexibility index (Phi) is 4.47. The fourth-order valence-electron chi connectivity index (χ4n) is 2.10. The highest BCUT2D eigenvalue weighted by Crippen LogP contribution is 2.24. The first kappa shape index (κ1) is 13.5. The van der Waals surface area contributed by atoms with Crippen molar-refractivity contribution in [3.8, 4) is 0 Å². The Balaban J connectivity index is 2.46. The monoisotopic (exact) mass is 258 g/mol. The highest BCUT2D eigenvalue weighted by molar-refractivity contribution is 5.90. The molecule has 0 aliphatic rings. The summed E-state index contributed by atoms with van der Waals surface area (Å²) in [7, 11) is 1.40. The topological polar surface area (TPSA) is 51.2 Å². The highest BCUT2D eigenvalue weighted by atomic mass is 16.5. The number of carbonyl (C=O) groups is 1. The van der Waals surface area contributed by atoms with Crippen LogP contribution in [0, 0.1) is 0 Å². The third kappa shape index (κ3) is 2.90. The van der Waals surface area contributed by atoms with Crippen molar-refractivity contribution in [2.24, 2.45) is 0 Å². The first-order valence-electron chi connectivity index (χ1n) is 6.41. The van der Waals surface area contributed by atoms with Crippen LogP contribution in [-0.4, -0.2) is 24.6 Å². The molecular formula is C15H18N2O2. The van der Waals surface area contributed by atoms with E-state index in [1.807, 2.05) is 24.3 Å². The van der Waals surface area contributed by atoms with E-state index >= 15 is 0 Å². The predicted molar refractivity (Wildman–Crippen MR) is 74.8 cm³/mol. The van der Waals surface area contributed by atoms with Gasteiger partial charge in [0, 0.05) is 23.3 Å². The van der Waals surface area contributed by atoms with Gasteiger partial charge in [0.15, 0.2) is 0 Å². The Morgan fingerprint density at radius 1 is 1.37 bits per heavy atom. The fraction of sp³-hybridized carbons (Fsp3) is 0.333. The Morgan fingerprint density at radius 2 is 2.16 bits per heavy atom. The molecule has 100 valence electrons. The maximum Gasteiger partial charge on any atom is 0.327 e. The van der Waals surface area contributed by atoms with Gasteiger partial charge < -0.3 is 10.1 Å². The number of aromatic nitrogens is 1. The maximum atomic E-state index is 11.9. The zero-order chi connectivity index (χ0) is 13.7. The van der Waals surface area contributed by atoms with Gasteiger partial charge in [-0.05, 0) is 18.4 Å². The van der Waals surface area contributed by atoms with E-state index in [0.717, 1.165) is 29.3 Å². The summed E-state index contributed by atoms with van der Waals surface area (Å²) in [4.78, 5) is 16.2. The van der Waals surface area contributed by atoms with Crippen LogP contribution in [-0.2, 0) is 9.53 Å². The van der Waals surface area contributed by atoms with Gasteiger partial charge in [-0.25, -0.2) is 4.79 Å². The van der Waals surface area contributed by atoms with Gasteiger partial charge in [0.1, 0.15) is 6.04 Å². The number of nitrogens with zero attached hydrogens (tertiary/aromatic N) is 1. The van der Waals surface area contributed by atoms with Crippen LogP contribution in [0.15, 0.2) is 36.7 Å². The van der Waals surface area contributed by atoms with Crippen molar-refractivity contribution in [2.75, 3.05) is 13.7 Å². The van der Waals surface area contributed by atoms with Gasteiger partial charge in [-0.3, -0.25) is 4.98 Å². The van der Waals surface area contributed by atoms with E-state index in [1.165, 1.54) is 7.11 Å². The lowest BCUT2D eigenvalue weighted by Gasteiger charge is -2.17. The van der Waals surface area contributed by atoms with Crippen molar-refractivity contribution in [3.05, 3.63) is 42.2 Å². The molecule has 1 aromatic heterocycles. The van der Waals surface area contributed by atoms with Crippen LogP contribution in [0.5, 0.6) is 0 Å². The predicted octanol–water partition coefficient (Wildman–Crippen LogP) is 2.45. The molecule has 0 aliphatic carbocycles. The van der Waals surface area contributed by atoms with Crippen molar-refractivity contribution in [1.82, 2.24) is 10.3 Å². The van der Waals surface area contributed by atoms with Gasteiger partial charge >= 0.3 is 5.97 Å². The molecule has 0 aliphatic heterocycles. The molecule has 1 atom stereocenters. The largest absolute Gasteiger partial charge is 0.468 e. The van der Waals surface area contributed by atoms with Gasteiger partial charge in [0.2, 0.25) is 0 Å². The van der Waals surface area contributed by atoms with E-state index in [4.69, 9.17) is 4.74 Å². The molecule has 2 rings (SSSR count). The third-order valence-corrected chi connectivity index (χ3v) is 3.05. The summed E-state index contributed by atoms with van der Waals surface area (Å²) in [5.41, 5.74) is 0.860. The lowest BCUT2D eigenvalue weighted by molar-refractivity contribution is -0.143. The summed E-state index contributed by atoms with van der Waals surface area (Å²) in [5, 5.41) is 5.26. The Morgan fingerprint density at radius 3 is 2.89 bits per heavy atom. The minimum Gasteiger partial charge on any atom is -0.468 e. The maximum absolute atomic E-state index is 11.9.